The lowest BCUT2D eigenvalue weighted by molar-refractivity contribution is 0.252. The minimum atomic E-state index is -0.753. The minimum absolute atomic E-state index is 0. The Hall–Kier alpha value is -1.53. The highest BCUT2D eigenvalue weighted by Crippen LogP contribution is 1.93. The Kier molecular flexibility index (Phi) is 9.24. The maximum absolute atomic E-state index is 10.3. The van der Waals surface area contributed by atoms with Crippen molar-refractivity contribution in [3.63, 3.8) is 0 Å². The fourth-order valence-electron chi connectivity index (χ4n) is 0.858. The SMILES string of the molecule is Cl.Cl.N=C(NCc1ccncc1)NC(N)=O. The number of urea groups is 1. The van der Waals surface area contributed by atoms with E-state index in [0.717, 1.165) is 5.56 Å². The van der Waals surface area contributed by atoms with Gasteiger partial charge in [-0.1, -0.05) is 0 Å². The van der Waals surface area contributed by atoms with Gasteiger partial charge >= 0.3 is 6.03 Å². The summed E-state index contributed by atoms with van der Waals surface area (Å²) in [6.07, 6.45) is 3.31. The number of carbonyl (C=O) groups excluding carboxylic acids is 1. The molecule has 1 aromatic rings. The molecule has 1 aromatic heterocycles. The molecule has 0 aliphatic carbocycles. The molecule has 1 rings (SSSR count). The maximum Gasteiger partial charge on any atom is 0.318 e. The van der Waals surface area contributed by atoms with Gasteiger partial charge in [0.15, 0.2) is 5.96 Å². The smallest absolute Gasteiger partial charge is 0.318 e. The second-order valence-electron chi connectivity index (χ2n) is 2.57. The van der Waals surface area contributed by atoms with Crippen molar-refractivity contribution in [2.24, 2.45) is 5.73 Å². The zero-order chi connectivity index (χ0) is 10.4. The van der Waals surface area contributed by atoms with Crippen LogP contribution < -0.4 is 16.4 Å². The van der Waals surface area contributed by atoms with Crippen molar-refractivity contribution in [3.8, 4) is 0 Å². The van der Waals surface area contributed by atoms with E-state index in [1.54, 1.807) is 12.4 Å². The van der Waals surface area contributed by atoms with E-state index in [0.29, 0.717) is 6.54 Å². The van der Waals surface area contributed by atoms with E-state index in [1.165, 1.54) is 0 Å². The van der Waals surface area contributed by atoms with E-state index in [1.807, 2.05) is 12.1 Å². The van der Waals surface area contributed by atoms with Crippen LogP contribution in [0.25, 0.3) is 0 Å². The lowest BCUT2D eigenvalue weighted by Crippen LogP contribution is -2.42. The molecule has 0 saturated heterocycles. The van der Waals surface area contributed by atoms with Gasteiger partial charge < -0.3 is 11.1 Å². The van der Waals surface area contributed by atoms with Crippen LogP contribution in [0.15, 0.2) is 24.5 Å². The molecule has 0 aliphatic rings. The highest BCUT2D eigenvalue weighted by Gasteiger charge is 1.98. The van der Waals surface area contributed by atoms with Crippen LogP contribution in [0, 0.1) is 5.41 Å². The number of nitrogens with one attached hydrogen (secondary N) is 3. The zero-order valence-electron chi connectivity index (χ0n) is 8.27. The third kappa shape index (κ3) is 6.86. The number of halogens is 2. The summed E-state index contributed by atoms with van der Waals surface area (Å²) in [4.78, 5) is 14.2. The predicted molar refractivity (Wildman–Crippen MR) is 66.0 cm³/mol. The highest BCUT2D eigenvalue weighted by atomic mass is 35.5. The Bertz CT molecular complexity index is 332. The molecule has 6 nitrogen and oxygen atoms in total. The Balaban J connectivity index is 0. The molecule has 16 heavy (non-hydrogen) atoms. The molecule has 0 fully saturated rings. The van der Waals surface area contributed by atoms with Gasteiger partial charge in [0.1, 0.15) is 0 Å². The number of nitrogens with two attached hydrogens (primary N) is 1. The number of aromatic nitrogens is 1. The number of primary amides is 1. The molecule has 0 aliphatic heterocycles. The normalized spacial score (nSPS) is 8.00. The second-order valence-corrected chi connectivity index (χ2v) is 2.57. The lowest BCUT2D eigenvalue weighted by atomic mass is 10.3. The maximum atomic E-state index is 10.3. The van der Waals surface area contributed by atoms with Crippen molar-refractivity contribution in [1.82, 2.24) is 15.6 Å². The van der Waals surface area contributed by atoms with Crippen LogP contribution >= 0.6 is 24.8 Å². The summed E-state index contributed by atoms with van der Waals surface area (Å²) >= 11 is 0. The molecule has 0 saturated carbocycles. The van der Waals surface area contributed by atoms with Crippen molar-refractivity contribution in [1.29, 1.82) is 5.41 Å². The third-order valence-electron chi connectivity index (χ3n) is 1.47. The molecule has 5 N–H and O–H groups in total. The largest absolute Gasteiger partial charge is 0.352 e. The Morgan fingerprint density at radius 3 is 2.44 bits per heavy atom. The van der Waals surface area contributed by atoms with Gasteiger partial charge in [0.25, 0.3) is 0 Å². The fourth-order valence-corrected chi connectivity index (χ4v) is 0.858. The zero-order valence-corrected chi connectivity index (χ0v) is 9.90. The van der Waals surface area contributed by atoms with Crippen molar-refractivity contribution in [2.45, 2.75) is 6.54 Å². The standard InChI is InChI=1S/C8H11N5O.2ClH/c9-7(13-8(10)14)12-5-6-1-3-11-4-2-6;;/h1-4H,5H2,(H5,9,10,12,13,14);2*1H. The number of rotatable bonds is 2. The van der Waals surface area contributed by atoms with Gasteiger partial charge in [-0.05, 0) is 17.7 Å². The Morgan fingerprint density at radius 2 is 1.94 bits per heavy atom. The molecule has 2 amide bonds. The van der Waals surface area contributed by atoms with Crippen LogP contribution in [-0.4, -0.2) is 17.0 Å². The molecule has 0 aromatic carbocycles. The number of nitrogens with zero attached hydrogens (tertiary/aromatic N) is 1. The number of guanidine groups is 1. The highest BCUT2D eigenvalue weighted by molar-refractivity contribution is 5.93. The van der Waals surface area contributed by atoms with E-state index in [9.17, 15) is 4.79 Å². The van der Waals surface area contributed by atoms with Crippen molar-refractivity contribution < 1.29 is 4.79 Å². The van der Waals surface area contributed by atoms with Crippen LogP contribution in [0.2, 0.25) is 0 Å². The third-order valence-corrected chi connectivity index (χ3v) is 1.47. The molecular formula is C8H13Cl2N5O. The van der Waals surface area contributed by atoms with Gasteiger partial charge in [0, 0.05) is 18.9 Å². The summed E-state index contributed by atoms with van der Waals surface area (Å²) in [5, 5.41) is 12.0. The van der Waals surface area contributed by atoms with Crippen molar-refractivity contribution >= 4 is 36.8 Å². The first-order valence-electron chi connectivity index (χ1n) is 3.96. The van der Waals surface area contributed by atoms with Crippen molar-refractivity contribution in [2.75, 3.05) is 0 Å². The van der Waals surface area contributed by atoms with Gasteiger partial charge in [-0.15, -0.1) is 24.8 Å². The van der Waals surface area contributed by atoms with Gasteiger partial charge in [-0.3, -0.25) is 15.7 Å². The van der Waals surface area contributed by atoms with E-state index in [4.69, 9.17) is 11.1 Å². The summed E-state index contributed by atoms with van der Waals surface area (Å²) < 4.78 is 0. The quantitative estimate of drug-likeness (QED) is 0.466. The van der Waals surface area contributed by atoms with E-state index in [2.05, 4.69) is 15.6 Å². The average Bonchev–Trinajstić information content (AvgIpc) is 2.15. The number of pyridine rings is 1. The lowest BCUT2D eigenvalue weighted by Gasteiger charge is -2.06. The van der Waals surface area contributed by atoms with Crippen LogP contribution in [0.5, 0.6) is 0 Å². The number of carbonyl (C=O) groups is 1. The summed E-state index contributed by atoms with van der Waals surface area (Å²) in [7, 11) is 0. The Morgan fingerprint density at radius 1 is 1.38 bits per heavy atom. The van der Waals surface area contributed by atoms with Crippen LogP contribution in [0.4, 0.5) is 4.79 Å². The van der Waals surface area contributed by atoms with Gasteiger partial charge in [-0.2, -0.15) is 0 Å². The number of amides is 2. The summed E-state index contributed by atoms with van der Waals surface area (Å²) in [5.74, 6) is -0.116. The fraction of sp³-hybridized carbons (Fsp3) is 0.125. The Labute approximate surface area is 105 Å². The number of hydrogen-bond donors (Lipinski definition) is 4. The summed E-state index contributed by atoms with van der Waals surface area (Å²) in [6.45, 7) is 0.446. The first-order valence-corrected chi connectivity index (χ1v) is 3.96. The average molecular weight is 266 g/mol. The predicted octanol–water partition coefficient (Wildman–Crippen LogP) is 0.618. The molecule has 8 heteroatoms. The molecule has 0 radical (unpaired) electrons. The molecule has 1 heterocycles. The van der Waals surface area contributed by atoms with E-state index in [-0.39, 0.29) is 30.8 Å². The monoisotopic (exact) mass is 265 g/mol. The molecular weight excluding hydrogens is 253 g/mol. The van der Waals surface area contributed by atoms with Crippen molar-refractivity contribution in [3.05, 3.63) is 30.1 Å². The molecule has 0 spiro atoms. The van der Waals surface area contributed by atoms with Crippen LogP contribution in [0.3, 0.4) is 0 Å². The molecule has 90 valence electrons. The topological polar surface area (TPSA) is 104 Å². The first-order chi connectivity index (χ1) is 6.68. The molecule has 0 atom stereocenters. The van der Waals surface area contributed by atoms with Gasteiger partial charge in [0.2, 0.25) is 0 Å². The van der Waals surface area contributed by atoms with Crippen LogP contribution in [0.1, 0.15) is 5.56 Å². The first kappa shape index (κ1) is 16.9. The van der Waals surface area contributed by atoms with E-state index >= 15 is 0 Å². The van der Waals surface area contributed by atoms with Crippen LogP contribution in [-0.2, 0) is 6.54 Å². The second kappa shape index (κ2) is 8.75. The number of hydrogen-bond acceptors (Lipinski definition) is 3. The van der Waals surface area contributed by atoms with E-state index < -0.39 is 6.03 Å². The summed E-state index contributed by atoms with van der Waals surface area (Å²) in [5.41, 5.74) is 5.79. The minimum Gasteiger partial charge on any atom is -0.352 e. The van der Waals surface area contributed by atoms with Gasteiger partial charge in [0.05, 0.1) is 0 Å². The van der Waals surface area contributed by atoms with Gasteiger partial charge in [-0.25, -0.2) is 4.79 Å². The summed E-state index contributed by atoms with van der Waals surface area (Å²) in [6, 6.07) is 2.87. The molecule has 0 unspecified atom stereocenters. The molecule has 0 bridgehead atoms.